The number of likely N-dealkylation sites (N-methyl/N-ethyl adjacent to an activating group) is 1. The monoisotopic (exact) mass is 277 g/mol. The normalized spacial score (nSPS) is 14.4. The molecule has 0 aliphatic rings. The van der Waals surface area contributed by atoms with E-state index in [-0.39, 0.29) is 6.10 Å². The first-order chi connectivity index (χ1) is 9.76. The molecule has 0 aliphatic carbocycles. The molecule has 0 heterocycles. The molecule has 0 aliphatic heterocycles. The summed E-state index contributed by atoms with van der Waals surface area (Å²) in [6.07, 6.45) is 3.82. The molecule has 0 saturated heterocycles. The highest BCUT2D eigenvalue weighted by Crippen LogP contribution is 2.27. The van der Waals surface area contributed by atoms with E-state index in [4.69, 9.17) is 4.74 Å². The number of hydrogen-bond acceptors (Lipinski definition) is 2. The molecule has 0 radical (unpaired) electrons. The molecule has 20 heavy (non-hydrogen) atoms. The van der Waals surface area contributed by atoms with Gasteiger partial charge in [0, 0.05) is 12.6 Å². The first-order valence-electron chi connectivity index (χ1n) is 8.16. The van der Waals surface area contributed by atoms with Crippen LogP contribution in [0.2, 0.25) is 0 Å². The molecule has 2 heteroatoms. The standard InChI is InChI=1S/C18H31NO/c1-5-15(6-2)14-17(19-7-3)18(20-8-4)16-12-10-9-11-13-16/h9-13,15,17-19H,5-8,14H2,1-4H3. The molecule has 1 N–H and O–H groups in total. The Morgan fingerprint density at radius 1 is 1.00 bits per heavy atom. The maximum atomic E-state index is 6.07. The average molecular weight is 277 g/mol. The Hall–Kier alpha value is -0.860. The van der Waals surface area contributed by atoms with Gasteiger partial charge in [0.2, 0.25) is 0 Å². The molecule has 2 atom stereocenters. The fourth-order valence-corrected chi connectivity index (χ4v) is 2.82. The summed E-state index contributed by atoms with van der Waals surface area (Å²) in [5.74, 6) is 0.769. The van der Waals surface area contributed by atoms with Crippen molar-refractivity contribution in [3.8, 4) is 0 Å². The SMILES string of the molecule is CCNC(CC(CC)CC)C(OCC)c1ccccc1. The summed E-state index contributed by atoms with van der Waals surface area (Å²) in [4.78, 5) is 0. The van der Waals surface area contributed by atoms with Crippen LogP contribution in [0, 0.1) is 5.92 Å². The summed E-state index contributed by atoms with van der Waals surface area (Å²) in [5.41, 5.74) is 1.28. The van der Waals surface area contributed by atoms with Gasteiger partial charge in [0.1, 0.15) is 0 Å². The van der Waals surface area contributed by atoms with Gasteiger partial charge in [0.05, 0.1) is 6.10 Å². The Morgan fingerprint density at radius 3 is 2.15 bits per heavy atom. The third-order valence-corrected chi connectivity index (χ3v) is 4.05. The van der Waals surface area contributed by atoms with Crippen LogP contribution in [-0.2, 0) is 4.74 Å². The van der Waals surface area contributed by atoms with Crippen LogP contribution in [0.1, 0.15) is 58.6 Å². The summed E-state index contributed by atoms with van der Waals surface area (Å²) in [5, 5.41) is 3.64. The van der Waals surface area contributed by atoms with Crippen molar-refractivity contribution < 1.29 is 4.74 Å². The maximum absolute atomic E-state index is 6.07. The van der Waals surface area contributed by atoms with E-state index in [1.54, 1.807) is 0 Å². The van der Waals surface area contributed by atoms with E-state index >= 15 is 0 Å². The van der Waals surface area contributed by atoms with E-state index in [0.717, 1.165) is 19.1 Å². The van der Waals surface area contributed by atoms with E-state index in [1.807, 2.05) is 0 Å². The van der Waals surface area contributed by atoms with E-state index in [9.17, 15) is 0 Å². The van der Waals surface area contributed by atoms with Crippen molar-refractivity contribution in [2.75, 3.05) is 13.2 Å². The molecule has 0 amide bonds. The van der Waals surface area contributed by atoms with Crippen molar-refractivity contribution in [2.24, 2.45) is 5.92 Å². The number of rotatable bonds is 10. The van der Waals surface area contributed by atoms with Gasteiger partial charge >= 0.3 is 0 Å². The number of nitrogens with one attached hydrogen (secondary N) is 1. The minimum atomic E-state index is 0.154. The van der Waals surface area contributed by atoms with Crippen molar-refractivity contribution in [3.63, 3.8) is 0 Å². The van der Waals surface area contributed by atoms with Crippen molar-refractivity contribution in [1.82, 2.24) is 5.32 Å². The van der Waals surface area contributed by atoms with Crippen molar-refractivity contribution in [1.29, 1.82) is 0 Å². The fourth-order valence-electron chi connectivity index (χ4n) is 2.82. The van der Waals surface area contributed by atoms with Crippen molar-refractivity contribution >= 4 is 0 Å². The quantitative estimate of drug-likeness (QED) is 0.676. The lowest BCUT2D eigenvalue weighted by molar-refractivity contribution is 0.0263. The minimum Gasteiger partial charge on any atom is -0.372 e. The smallest absolute Gasteiger partial charge is 0.0977 e. The highest BCUT2D eigenvalue weighted by molar-refractivity contribution is 5.19. The maximum Gasteiger partial charge on any atom is 0.0977 e. The lowest BCUT2D eigenvalue weighted by Gasteiger charge is -2.30. The summed E-state index contributed by atoms with van der Waals surface area (Å²) >= 11 is 0. The van der Waals surface area contributed by atoms with Gasteiger partial charge in [-0.2, -0.15) is 0 Å². The van der Waals surface area contributed by atoms with Gasteiger partial charge < -0.3 is 10.1 Å². The highest BCUT2D eigenvalue weighted by atomic mass is 16.5. The molecule has 0 saturated carbocycles. The van der Waals surface area contributed by atoms with Gasteiger partial charge in [-0.3, -0.25) is 0 Å². The minimum absolute atomic E-state index is 0.154. The van der Waals surface area contributed by atoms with Crippen LogP contribution in [0.4, 0.5) is 0 Å². The molecule has 0 bridgehead atoms. The second kappa shape index (κ2) is 9.95. The van der Waals surface area contributed by atoms with Crippen LogP contribution in [0.3, 0.4) is 0 Å². The zero-order valence-electron chi connectivity index (χ0n) is 13.6. The predicted octanol–water partition coefficient (Wildman–Crippen LogP) is 4.57. The molecule has 2 nitrogen and oxygen atoms in total. The lowest BCUT2D eigenvalue weighted by Crippen LogP contribution is -2.37. The van der Waals surface area contributed by atoms with E-state index in [1.165, 1.54) is 24.8 Å². The number of ether oxygens (including phenoxy) is 1. The molecule has 0 spiro atoms. The molecule has 1 aromatic rings. The number of benzene rings is 1. The Bertz CT molecular complexity index is 335. The molecular weight excluding hydrogens is 246 g/mol. The van der Waals surface area contributed by atoms with Gasteiger partial charge in [0.25, 0.3) is 0 Å². The van der Waals surface area contributed by atoms with Gasteiger partial charge in [0.15, 0.2) is 0 Å². The van der Waals surface area contributed by atoms with Crippen LogP contribution >= 0.6 is 0 Å². The van der Waals surface area contributed by atoms with Crippen molar-refractivity contribution in [2.45, 2.75) is 59.1 Å². The van der Waals surface area contributed by atoms with Gasteiger partial charge in [-0.25, -0.2) is 0 Å². The van der Waals surface area contributed by atoms with Gasteiger partial charge in [-0.05, 0) is 31.4 Å². The lowest BCUT2D eigenvalue weighted by atomic mass is 9.89. The van der Waals surface area contributed by atoms with Crippen LogP contribution < -0.4 is 5.32 Å². The molecule has 2 unspecified atom stereocenters. The van der Waals surface area contributed by atoms with Gasteiger partial charge in [-0.1, -0.05) is 63.9 Å². The predicted molar refractivity (Wildman–Crippen MR) is 87.0 cm³/mol. The fraction of sp³-hybridized carbons (Fsp3) is 0.667. The molecule has 0 fully saturated rings. The van der Waals surface area contributed by atoms with Crippen LogP contribution in [0.25, 0.3) is 0 Å². The van der Waals surface area contributed by atoms with E-state index in [2.05, 4.69) is 63.3 Å². The van der Waals surface area contributed by atoms with Gasteiger partial charge in [-0.15, -0.1) is 0 Å². The average Bonchev–Trinajstić information content (AvgIpc) is 2.50. The van der Waals surface area contributed by atoms with E-state index in [0.29, 0.717) is 6.04 Å². The van der Waals surface area contributed by atoms with E-state index < -0.39 is 0 Å². The molecule has 1 rings (SSSR count). The third-order valence-electron chi connectivity index (χ3n) is 4.05. The zero-order chi connectivity index (χ0) is 14.8. The Morgan fingerprint density at radius 2 is 1.65 bits per heavy atom. The molecule has 0 aromatic heterocycles. The molecular formula is C18H31NO. The summed E-state index contributed by atoms with van der Waals surface area (Å²) < 4.78 is 6.07. The zero-order valence-corrected chi connectivity index (χ0v) is 13.6. The van der Waals surface area contributed by atoms with Crippen molar-refractivity contribution in [3.05, 3.63) is 35.9 Å². The summed E-state index contributed by atoms with van der Waals surface area (Å²) in [7, 11) is 0. The Kier molecular flexibility index (Phi) is 8.56. The molecule has 114 valence electrons. The molecule has 1 aromatic carbocycles. The van der Waals surface area contributed by atoms with Crippen LogP contribution in [0.5, 0.6) is 0 Å². The Labute approximate surface area is 124 Å². The third kappa shape index (κ3) is 5.26. The van der Waals surface area contributed by atoms with Crippen LogP contribution in [-0.4, -0.2) is 19.2 Å². The van der Waals surface area contributed by atoms with Crippen LogP contribution in [0.15, 0.2) is 30.3 Å². The Balaban J connectivity index is 2.87. The topological polar surface area (TPSA) is 21.3 Å². The largest absolute Gasteiger partial charge is 0.372 e. The summed E-state index contributed by atoms with van der Waals surface area (Å²) in [6, 6.07) is 11.0. The highest BCUT2D eigenvalue weighted by Gasteiger charge is 2.25. The second-order valence-electron chi connectivity index (χ2n) is 5.37. The first-order valence-corrected chi connectivity index (χ1v) is 8.16. The first kappa shape index (κ1) is 17.2. The second-order valence-corrected chi connectivity index (χ2v) is 5.37. The number of hydrogen-bond donors (Lipinski definition) is 1. The summed E-state index contributed by atoms with van der Waals surface area (Å²) in [6.45, 7) is 10.6.